The largest absolute Gasteiger partial charge is 0.274 e. The SMILES string of the molecule is Sc1nnc(C2C=CC=CC2)n1-c1ccccc1. The molecule has 3 rings (SSSR count). The van der Waals surface area contributed by atoms with Crippen molar-refractivity contribution in [1.82, 2.24) is 14.8 Å². The van der Waals surface area contributed by atoms with Gasteiger partial charge in [0.25, 0.3) is 0 Å². The topological polar surface area (TPSA) is 30.7 Å². The molecule has 0 saturated carbocycles. The Balaban J connectivity index is 2.07. The van der Waals surface area contributed by atoms with Gasteiger partial charge in [-0.3, -0.25) is 4.57 Å². The van der Waals surface area contributed by atoms with E-state index in [1.54, 1.807) is 0 Å². The number of benzene rings is 1. The van der Waals surface area contributed by atoms with E-state index in [0.29, 0.717) is 5.16 Å². The lowest BCUT2D eigenvalue weighted by Gasteiger charge is -2.14. The maximum absolute atomic E-state index is 4.40. The second-order valence-corrected chi connectivity index (χ2v) is 4.58. The highest BCUT2D eigenvalue weighted by atomic mass is 32.1. The van der Waals surface area contributed by atoms with Crippen LogP contribution in [0.3, 0.4) is 0 Å². The Morgan fingerprint density at radius 2 is 1.94 bits per heavy atom. The highest BCUT2D eigenvalue weighted by Crippen LogP contribution is 2.27. The zero-order valence-electron chi connectivity index (χ0n) is 9.77. The molecule has 0 spiro atoms. The van der Waals surface area contributed by atoms with Crippen LogP contribution in [0.25, 0.3) is 5.69 Å². The summed E-state index contributed by atoms with van der Waals surface area (Å²) in [5.74, 6) is 1.20. The van der Waals surface area contributed by atoms with Crippen LogP contribution in [-0.4, -0.2) is 14.8 Å². The zero-order valence-corrected chi connectivity index (χ0v) is 10.7. The summed E-state index contributed by atoms with van der Waals surface area (Å²) in [5.41, 5.74) is 1.05. The molecular formula is C14H13N3S. The van der Waals surface area contributed by atoms with E-state index in [1.165, 1.54) is 0 Å². The predicted molar refractivity (Wildman–Crippen MR) is 74.2 cm³/mol. The van der Waals surface area contributed by atoms with Crippen molar-refractivity contribution in [3.63, 3.8) is 0 Å². The van der Waals surface area contributed by atoms with Crippen molar-refractivity contribution in [2.24, 2.45) is 0 Å². The van der Waals surface area contributed by atoms with Gasteiger partial charge in [-0.05, 0) is 18.6 Å². The first-order chi connectivity index (χ1) is 8.86. The average molecular weight is 255 g/mol. The summed E-state index contributed by atoms with van der Waals surface area (Å²) in [6.45, 7) is 0. The van der Waals surface area contributed by atoms with Gasteiger partial charge in [0.2, 0.25) is 0 Å². The molecule has 0 amide bonds. The Labute approximate surface area is 111 Å². The smallest absolute Gasteiger partial charge is 0.192 e. The summed E-state index contributed by atoms with van der Waals surface area (Å²) in [6.07, 6.45) is 9.36. The Kier molecular flexibility index (Phi) is 3.02. The molecule has 1 unspecified atom stereocenters. The summed E-state index contributed by atoms with van der Waals surface area (Å²) < 4.78 is 2.00. The van der Waals surface area contributed by atoms with Crippen LogP contribution in [0.15, 0.2) is 59.8 Å². The molecule has 1 aromatic carbocycles. The monoisotopic (exact) mass is 255 g/mol. The molecule has 1 aliphatic carbocycles. The van der Waals surface area contributed by atoms with E-state index in [2.05, 4.69) is 47.1 Å². The summed E-state index contributed by atoms with van der Waals surface area (Å²) >= 11 is 4.40. The van der Waals surface area contributed by atoms with Crippen molar-refractivity contribution in [2.75, 3.05) is 0 Å². The van der Waals surface area contributed by atoms with Gasteiger partial charge in [-0.1, -0.05) is 42.5 Å². The average Bonchev–Trinajstić information content (AvgIpc) is 2.83. The van der Waals surface area contributed by atoms with Crippen LogP contribution in [0.4, 0.5) is 0 Å². The minimum absolute atomic E-state index is 0.267. The van der Waals surface area contributed by atoms with E-state index in [0.717, 1.165) is 17.9 Å². The third-order valence-electron chi connectivity index (χ3n) is 3.00. The molecule has 0 fully saturated rings. The van der Waals surface area contributed by atoms with Crippen molar-refractivity contribution in [3.05, 3.63) is 60.5 Å². The van der Waals surface area contributed by atoms with E-state index in [4.69, 9.17) is 0 Å². The van der Waals surface area contributed by atoms with Crippen LogP contribution in [-0.2, 0) is 0 Å². The first-order valence-corrected chi connectivity index (χ1v) is 6.34. The molecule has 4 heteroatoms. The molecule has 0 aliphatic heterocycles. The number of para-hydroxylation sites is 1. The fourth-order valence-electron chi connectivity index (χ4n) is 2.12. The highest BCUT2D eigenvalue weighted by Gasteiger charge is 2.18. The highest BCUT2D eigenvalue weighted by molar-refractivity contribution is 7.80. The molecule has 1 aliphatic rings. The van der Waals surface area contributed by atoms with E-state index in [-0.39, 0.29) is 5.92 Å². The summed E-state index contributed by atoms with van der Waals surface area (Å²) in [4.78, 5) is 0. The number of nitrogens with zero attached hydrogens (tertiary/aromatic N) is 3. The van der Waals surface area contributed by atoms with Crippen molar-refractivity contribution in [2.45, 2.75) is 17.5 Å². The first kappa shape index (κ1) is 11.3. The molecule has 18 heavy (non-hydrogen) atoms. The molecule has 1 atom stereocenters. The summed E-state index contributed by atoms with van der Waals surface area (Å²) in [5, 5.41) is 8.98. The molecule has 1 aromatic heterocycles. The number of hydrogen-bond donors (Lipinski definition) is 1. The lowest BCUT2D eigenvalue weighted by Crippen LogP contribution is -2.07. The van der Waals surface area contributed by atoms with Gasteiger partial charge in [0.15, 0.2) is 5.16 Å². The molecule has 1 heterocycles. The van der Waals surface area contributed by atoms with Gasteiger partial charge in [0, 0.05) is 11.6 Å². The third-order valence-corrected chi connectivity index (χ3v) is 3.29. The summed E-state index contributed by atoms with van der Waals surface area (Å²) in [6, 6.07) is 10.1. The van der Waals surface area contributed by atoms with Gasteiger partial charge in [-0.15, -0.1) is 22.8 Å². The van der Waals surface area contributed by atoms with Gasteiger partial charge in [-0.2, -0.15) is 0 Å². The second-order valence-electron chi connectivity index (χ2n) is 4.18. The minimum atomic E-state index is 0.267. The molecule has 2 aromatic rings. The lowest BCUT2D eigenvalue weighted by molar-refractivity contribution is 0.733. The number of aromatic nitrogens is 3. The van der Waals surface area contributed by atoms with Gasteiger partial charge < -0.3 is 0 Å². The van der Waals surface area contributed by atoms with Crippen LogP contribution >= 0.6 is 12.6 Å². The van der Waals surface area contributed by atoms with Crippen molar-refractivity contribution in [3.8, 4) is 5.69 Å². The molecule has 90 valence electrons. The van der Waals surface area contributed by atoms with Crippen LogP contribution in [0.1, 0.15) is 18.2 Å². The van der Waals surface area contributed by atoms with Crippen LogP contribution in [0.2, 0.25) is 0 Å². The Morgan fingerprint density at radius 1 is 1.11 bits per heavy atom. The third kappa shape index (κ3) is 1.99. The normalized spacial score (nSPS) is 18.2. The van der Waals surface area contributed by atoms with Gasteiger partial charge >= 0.3 is 0 Å². The molecule has 3 nitrogen and oxygen atoms in total. The van der Waals surface area contributed by atoms with E-state index in [9.17, 15) is 0 Å². The van der Waals surface area contributed by atoms with Crippen molar-refractivity contribution >= 4 is 12.6 Å². The molecule has 0 radical (unpaired) electrons. The summed E-state index contributed by atoms with van der Waals surface area (Å²) in [7, 11) is 0. The predicted octanol–water partition coefficient (Wildman–Crippen LogP) is 3.16. The molecule has 0 N–H and O–H groups in total. The zero-order chi connectivity index (χ0) is 12.4. The maximum Gasteiger partial charge on any atom is 0.192 e. The molecular weight excluding hydrogens is 242 g/mol. The fraction of sp³-hybridized carbons (Fsp3) is 0.143. The van der Waals surface area contributed by atoms with Crippen LogP contribution < -0.4 is 0 Å². The fourth-order valence-corrected chi connectivity index (χ4v) is 2.39. The Bertz CT molecular complexity index is 599. The number of allylic oxidation sites excluding steroid dienone is 4. The van der Waals surface area contributed by atoms with Gasteiger partial charge in [-0.25, -0.2) is 0 Å². The minimum Gasteiger partial charge on any atom is -0.274 e. The van der Waals surface area contributed by atoms with Gasteiger partial charge in [0.1, 0.15) is 5.82 Å². The van der Waals surface area contributed by atoms with E-state index >= 15 is 0 Å². The molecule has 0 saturated heterocycles. The van der Waals surface area contributed by atoms with Crippen molar-refractivity contribution in [1.29, 1.82) is 0 Å². The van der Waals surface area contributed by atoms with Crippen molar-refractivity contribution < 1.29 is 0 Å². The quantitative estimate of drug-likeness (QED) is 0.836. The lowest BCUT2D eigenvalue weighted by atomic mass is 10.00. The molecule has 0 bridgehead atoms. The Hall–Kier alpha value is -1.81. The van der Waals surface area contributed by atoms with Crippen LogP contribution in [0.5, 0.6) is 0 Å². The van der Waals surface area contributed by atoms with E-state index in [1.807, 2.05) is 34.9 Å². The standard InChI is InChI=1S/C14H13N3S/c18-14-16-15-13(11-7-3-1-4-8-11)17(14)12-9-5-2-6-10-12/h1-7,9-11H,8H2,(H,16,18). The Morgan fingerprint density at radius 3 is 2.67 bits per heavy atom. The number of hydrogen-bond acceptors (Lipinski definition) is 3. The number of thiol groups is 1. The number of rotatable bonds is 2. The maximum atomic E-state index is 4.40. The second kappa shape index (κ2) is 4.82. The van der Waals surface area contributed by atoms with E-state index < -0.39 is 0 Å². The first-order valence-electron chi connectivity index (χ1n) is 5.89. The van der Waals surface area contributed by atoms with Gasteiger partial charge in [0.05, 0.1) is 0 Å². The van der Waals surface area contributed by atoms with Crippen LogP contribution in [0, 0.1) is 0 Å².